The molecule has 0 aliphatic rings. The predicted octanol–water partition coefficient (Wildman–Crippen LogP) is 2.48. The number of carbonyl (C=O) groups is 1. The van der Waals surface area contributed by atoms with Crippen LogP contribution < -0.4 is 10.5 Å². The fraction of sp³-hybridized carbons (Fsp3) is 0.150. The summed E-state index contributed by atoms with van der Waals surface area (Å²) in [7, 11) is 0. The number of nitrogens with zero attached hydrogens (tertiary/aromatic N) is 2. The van der Waals surface area contributed by atoms with Gasteiger partial charge in [-0.15, -0.1) is 0 Å². The van der Waals surface area contributed by atoms with Gasteiger partial charge in [-0.05, 0) is 42.8 Å². The molecule has 0 aliphatic heterocycles. The van der Waals surface area contributed by atoms with E-state index in [0.717, 1.165) is 0 Å². The van der Waals surface area contributed by atoms with Crippen molar-refractivity contribution in [3.8, 4) is 22.9 Å². The van der Waals surface area contributed by atoms with Crippen LogP contribution in [0.4, 0.5) is 10.3 Å². The first-order valence-electron chi connectivity index (χ1n) is 8.41. The minimum Gasteiger partial charge on any atom is -0.507 e. The molecule has 1 heterocycles. The van der Waals surface area contributed by atoms with Gasteiger partial charge in [0.2, 0.25) is 11.8 Å². The standard InChI is InChI=1S/C20H18FN3O4/c1-11-2-4-13(15(21)8-11)19(27)12-3-5-17(26)14(9-12)16-10-18(28-7-6-25)24-20(22)23-16/h2-5,8-10,25-26H,6-7H2,1H3,(H2,22,23,24). The zero-order valence-corrected chi connectivity index (χ0v) is 15.0. The SMILES string of the molecule is Cc1ccc(C(=O)c2ccc(O)c(-c3cc(OCCO)nc(N)n3)c2)c(F)c1. The number of benzene rings is 2. The van der Waals surface area contributed by atoms with E-state index in [9.17, 15) is 14.3 Å². The Morgan fingerprint density at radius 2 is 1.96 bits per heavy atom. The second kappa shape index (κ2) is 8.01. The highest BCUT2D eigenvalue weighted by Crippen LogP contribution is 2.31. The first kappa shape index (κ1) is 19.2. The van der Waals surface area contributed by atoms with Crippen molar-refractivity contribution in [1.29, 1.82) is 0 Å². The van der Waals surface area contributed by atoms with Crippen molar-refractivity contribution in [3.05, 3.63) is 65.0 Å². The lowest BCUT2D eigenvalue weighted by atomic mass is 9.98. The molecule has 0 saturated heterocycles. The molecule has 0 atom stereocenters. The van der Waals surface area contributed by atoms with Gasteiger partial charge in [0.1, 0.15) is 18.2 Å². The number of aromatic hydroxyl groups is 1. The van der Waals surface area contributed by atoms with E-state index in [1.807, 2.05) is 0 Å². The van der Waals surface area contributed by atoms with Gasteiger partial charge in [-0.1, -0.05) is 6.07 Å². The summed E-state index contributed by atoms with van der Waals surface area (Å²) in [5.74, 6) is -1.29. The smallest absolute Gasteiger partial charge is 0.223 e. The Morgan fingerprint density at radius 3 is 2.68 bits per heavy atom. The molecule has 144 valence electrons. The zero-order chi connectivity index (χ0) is 20.3. The maximum absolute atomic E-state index is 14.2. The molecule has 7 nitrogen and oxygen atoms in total. The van der Waals surface area contributed by atoms with E-state index >= 15 is 0 Å². The zero-order valence-electron chi connectivity index (χ0n) is 15.0. The Hall–Kier alpha value is -3.52. The van der Waals surface area contributed by atoms with Crippen LogP contribution in [0.5, 0.6) is 11.6 Å². The van der Waals surface area contributed by atoms with Gasteiger partial charge >= 0.3 is 0 Å². The van der Waals surface area contributed by atoms with Gasteiger partial charge in [-0.2, -0.15) is 4.98 Å². The number of aliphatic hydroxyl groups is 1. The van der Waals surface area contributed by atoms with Crippen molar-refractivity contribution < 1.29 is 24.1 Å². The molecule has 0 saturated carbocycles. The number of ether oxygens (including phenoxy) is 1. The van der Waals surface area contributed by atoms with Gasteiger partial charge < -0.3 is 20.7 Å². The van der Waals surface area contributed by atoms with Gasteiger partial charge in [0.05, 0.1) is 17.9 Å². The van der Waals surface area contributed by atoms with Crippen LogP contribution in [0.25, 0.3) is 11.3 Å². The monoisotopic (exact) mass is 383 g/mol. The largest absolute Gasteiger partial charge is 0.507 e. The molecule has 28 heavy (non-hydrogen) atoms. The average molecular weight is 383 g/mol. The van der Waals surface area contributed by atoms with E-state index in [-0.39, 0.29) is 53.2 Å². The number of carbonyl (C=O) groups excluding carboxylic acids is 1. The summed E-state index contributed by atoms with van der Waals surface area (Å²) in [5.41, 5.74) is 6.91. The Bertz CT molecular complexity index is 1040. The predicted molar refractivity (Wildman–Crippen MR) is 101 cm³/mol. The molecule has 2 aromatic carbocycles. The van der Waals surface area contributed by atoms with Gasteiger partial charge in [0, 0.05) is 17.2 Å². The molecule has 1 aromatic heterocycles. The lowest BCUT2D eigenvalue weighted by molar-refractivity contribution is 0.103. The quantitative estimate of drug-likeness (QED) is 0.560. The number of hydrogen-bond acceptors (Lipinski definition) is 7. The number of aliphatic hydroxyl groups excluding tert-OH is 1. The third-order valence-corrected chi connectivity index (χ3v) is 3.97. The van der Waals surface area contributed by atoms with Crippen molar-refractivity contribution in [2.24, 2.45) is 0 Å². The molecule has 0 radical (unpaired) electrons. The highest BCUT2D eigenvalue weighted by atomic mass is 19.1. The highest BCUT2D eigenvalue weighted by molar-refractivity contribution is 6.09. The van der Waals surface area contributed by atoms with E-state index in [1.54, 1.807) is 13.0 Å². The molecule has 0 spiro atoms. The average Bonchev–Trinajstić information content (AvgIpc) is 2.66. The van der Waals surface area contributed by atoms with Crippen LogP contribution in [0.1, 0.15) is 21.5 Å². The fourth-order valence-electron chi connectivity index (χ4n) is 2.65. The molecule has 0 aliphatic carbocycles. The summed E-state index contributed by atoms with van der Waals surface area (Å²) in [6.45, 7) is 1.52. The number of phenols is 1. The maximum atomic E-state index is 14.2. The summed E-state index contributed by atoms with van der Waals surface area (Å²) in [4.78, 5) is 20.7. The lowest BCUT2D eigenvalue weighted by Crippen LogP contribution is -2.07. The molecule has 0 amide bonds. The minimum atomic E-state index is -0.620. The van der Waals surface area contributed by atoms with Crippen molar-refractivity contribution in [1.82, 2.24) is 9.97 Å². The molecule has 0 bridgehead atoms. The summed E-state index contributed by atoms with van der Waals surface area (Å²) < 4.78 is 19.4. The molecule has 3 aromatic rings. The number of phenolic OH excluding ortho intramolecular Hbond substituents is 1. The van der Waals surface area contributed by atoms with Crippen LogP contribution in [0.15, 0.2) is 42.5 Å². The number of aromatic nitrogens is 2. The number of halogens is 1. The van der Waals surface area contributed by atoms with Crippen LogP contribution in [-0.2, 0) is 0 Å². The number of anilines is 1. The van der Waals surface area contributed by atoms with Crippen LogP contribution in [0, 0.1) is 12.7 Å². The lowest BCUT2D eigenvalue weighted by Gasteiger charge is -2.10. The Kier molecular flexibility index (Phi) is 5.51. The normalized spacial score (nSPS) is 10.7. The van der Waals surface area contributed by atoms with E-state index < -0.39 is 11.6 Å². The molecule has 0 unspecified atom stereocenters. The first-order chi connectivity index (χ1) is 13.4. The molecular weight excluding hydrogens is 365 g/mol. The fourth-order valence-corrected chi connectivity index (χ4v) is 2.65. The van der Waals surface area contributed by atoms with Gasteiger partial charge in [0.25, 0.3) is 0 Å². The minimum absolute atomic E-state index is 0.00705. The summed E-state index contributed by atoms with van der Waals surface area (Å²) in [5, 5.41) is 19.1. The number of rotatable bonds is 6. The molecule has 0 fully saturated rings. The number of nitrogen functional groups attached to an aromatic ring is 1. The number of hydrogen-bond donors (Lipinski definition) is 3. The van der Waals surface area contributed by atoms with Crippen molar-refractivity contribution in [2.75, 3.05) is 18.9 Å². The maximum Gasteiger partial charge on any atom is 0.223 e. The van der Waals surface area contributed by atoms with Crippen molar-refractivity contribution in [3.63, 3.8) is 0 Å². The topological polar surface area (TPSA) is 119 Å². The molecule has 8 heteroatoms. The Morgan fingerprint density at radius 1 is 1.18 bits per heavy atom. The van der Waals surface area contributed by atoms with Crippen LogP contribution in [0.2, 0.25) is 0 Å². The molecule has 4 N–H and O–H groups in total. The van der Waals surface area contributed by atoms with Crippen molar-refractivity contribution in [2.45, 2.75) is 6.92 Å². The molecular formula is C20H18FN3O4. The van der Waals surface area contributed by atoms with Crippen LogP contribution in [-0.4, -0.2) is 39.2 Å². The van der Waals surface area contributed by atoms with Crippen LogP contribution >= 0.6 is 0 Å². The van der Waals surface area contributed by atoms with Crippen molar-refractivity contribution >= 4 is 11.7 Å². The number of ketones is 1. The second-order valence-corrected chi connectivity index (χ2v) is 6.07. The van der Waals surface area contributed by atoms with E-state index in [4.69, 9.17) is 15.6 Å². The summed E-state index contributed by atoms with van der Waals surface area (Å²) in [6, 6.07) is 9.88. The summed E-state index contributed by atoms with van der Waals surface area (Å²) >= 11 is 0. The van der Waals surface area contributed by atoms with E-state index in [0.29, 0.717) is 5.56 Å². The molecule has 3 rings (SSSR count). The van der Waals surface area contributed by atoms with Crippen LogP contribution in [0.3, 0.4) is 0 Å². The third kappa shape index (κ3) is 4.07. The number of aryl methyl sites for hydroxylation is 1. The van der Waals surface area contributed by atoms with Gasteiger partial charge in [-0.25, -0.2) is 9.37 Å². The Labute approximate surface area is 160 Å². The summed E-state index contributed by atoms with van der Waals surface area (Å²) in [6.07, 6.45) is 0. The van der Waals surface area contributed by atoms with Gasteiger partial charge in [-0.3, -0.25) is 4.79 Å². The van der Waals surface area contributed by atoms with Gasteiger partial charge in [0.15, 0.2) is 5.78 Å². The Balaban J connectivity index is 2.02. The van der Waals surface area contributed by atoms with E-state index in [1.165, 1.54) is 36.4 Å². The third-order valence-electron chi connectivity index (χ3n) is 3.97. The second-order valence-electron chi connectivity index (χ2n) is 6.07. The van der Waals surface area contributed by atoms with E-state index in [2.05, 4.69) is 9.97 Å². The first-order valence-corrected chi connectivity index (χ1v) is 8.41. The highest BCUT2D eigenvalue weighted by Gasteiger charge is 2.17. The number of nitrogens with two attached hydrogens (primary N) is 1.